The van der Waals surface area contributed by atoms with E-state index in [1.54, 1.807) is 20.2 Å². The highest BCUT2D eigenvalue weighted by molar-refractivity contribution is 7.18. The molecule has 0 unspecified atom stereocenters. The average Bonchev–Trinajstić information content (AvgIpc) is 3.63. The van der Waals surface area contributed by atoms with Gasteiger partial charge in [0.15, 0.2) is 0 Å². The van der Waals surface area contributed by atoms with Gasteiger partial charge in [-0.05, 0) is 61.9 Å². The third-order valence-electron chi connectivity index (χ3n) is 9.40. The number of hydrogen-bond acceptors (Lipinski definition) is 10. The highest BCUT2D eigenvalue weighted by Crippen LogP contribution is 2.35. The molecular weight excluding hydrogens is 627 g/mol. The summed E-state index contributed by atoms with van der Waals surface area (Å²) < 4.78 is 41.3. The Kier molecular flexibility index (Phi) is 10.2. The first-order valence-corrected chi connectivity index (χ1v) is 17.1. The van der Waals surface area contributed by atoms with E-state index in [9.17, 15) is 18.4 Å². The lowest BCUT2D eigenvalue weighted by Crippen LogP contribution is -2.40. The SMILES string of the molecule is CNOC1CCN(CCn2c(C#N)cc3c(C)c(CN4CCC(Nc5nc(NC)nc6sc(CC(F)(F)F)cc56)CC4)ccc32)CC1. The van der Waals surface area contributed by atoms with Crippen LogP contribution in [-0.4, -0.2) is 89.5 Å². The summed E-state index contributed by atoms with van der Waals surface area (Å²) in [6.45, 7) is 8.37. The molecule has 2 saturated heterocycles. The van der Waals surface area contributed by atoms with Crippen molar-refractivity contribution >= 4 is 44.2 Å². The van der Waals surface area contributed by atoms with Gasteiger partial charge in [-0.15, -0.1) is 11.3 Å². The molecule has 2 aliphatic heterocycles. The fourth-order valence-electron chi connectivity index (χ4n) is 6.83. The Morgan fingerprint density at radius 1 is 1.00 bits per heavy atom. The van der Waals surface area contributed by atoms with E-state index in [-0.39, 0.29) is 17.0 Å². The van der Waals surface area contributed by atoms with Gasteiger partial charge in [-0.2, -0.15) is 23.4 Å². The van der Waals surface area contributed by atoms with Crippen molar-refractivity contribution < 1.29 is 18.0 Å². The first-order chi connectivity index (χ1) is 22.6. The number of nitrogens with zero attached hydrogens (tertiary/aromatic N) is 6. The molecule has 0 spiro atoms. The van der Waals surface area contributed by atoms with Gasteiger partial charge >= 0.3 is 6.18 Å². The topological polar surface area (TPSA) is 106 Å². The molecule has 2 aliphatic rings. The second-order valence-corrected chi connectivity index (χ2v) is 13.6. The van der Waals surface area contributed by atoms with Crippen molar-refractivity contribution in [1.82, 2.24) is 29.8 Å². The van der Waals surface area contributed by atoms with E-state index in [0.717, 1.165) is 93.7 Å². The summed E-state index contributed by atoms with van der Waals surface area (Å²) >= 11 is 1.06. The Balaban J connectivity index is 1.08. The summed E-state index contributed by atoms with van der Waals surface area (Å²) in [5.74, 6) is 0.964. The monoisotopic (exact) mass is 669 g/mol. The summed E-state index contributed by atoms with van der Waals surface area (Å²) in [6.07, 6.45) is -1.23. The van der Waals surface area contributed by atoms with E-state index >= 15 is 0 Å². The fourth-order valence-corrected chi connectivity index (χ4v) is 7.89. The van der Waals surface area contributed by atoms with Crippen LogP contribution in [0, 0.1) is 18.3 Å². The molecule has 3 N–H and O–H groups in total. The molecule has 5 heterocycles. The Morgan fingerprint density at radius 2 is 1.74 bits per heavy atom. The lowest BCUT2D eigenvalue weighted by Gasteiger charge is -2.33. The Labute approximate surface area is 276 Å². The lowest BCUT2D eigenvalue weighted by atomic mass is 10.0. The summed E-state index contributed by atoms with van der Waals surface area (Å²) in [7, 11) is 3.51. The van der Waals surface area contributed by atoms with Gasteiger partial charge in [0.1, 0.15) is 22.4 Å². The number of nitrogens with one attached hydrogen (secondary N) is 3. The van der Waals surface area contributed by atoms with E-state index in [0.29, 0.717) is 27.7 Å². The van der Waals surface area contributed by atoms with E-state index in [4.69, 9.17) is 4.84 Å². The Hall–Kier alpha value is -3.48. The number of benzene rings is 1. The van der Waals surface area contributed by atoms with Crippen LogP contribution in [0.1, 0.15) is 47.4 Å². The van der Waals surface area contributed by atoms with E-state index in [1.165, 1.54) is 11.1 Å². The van der Waals surface area contributed by atoms with Crippen molar-refractivity contribution in [2.24, 2.45) is 0 Å². The number of rotatable bonds is 11. The molecule has 0 saturated carbocycles. The Morgan fingerprint density at radius 3 is 2.43 bits per heavy atom. The predicted octanol–water partition coefficient (Wildman–Crippen LogP) is 5.66. The number of piperidine rings is 2. The Bertz CT molecular complexity index is 1730. The van der Waals surface area contributed by atoms with Gasteiger partial charge in [0.2, 0.25) is 5.95 Å². The lowest BCUT2D eigenvalue weighted by molar-refractivity contribution is -0.126. The molecule has 0 atom stereocenters. The molecule has 0 radical (unpaired) electrons. The summed E-state index contributed by atoms with van der Waals surface area (Å²) in [6, 6.07) is 10.5. The maximum absolute atomic E-state index is 13.1. The molecule has 2 fully saturated rings. The second kappa shape index (κ2) is 14.3. The molecule has 3 aromatic heterocycles. The van der Waals surface area contributed by atoms with Crippen LogP contribution in [0.2, 0.25) is 0 Å². The number of likely N-dealkylation sites (tertiary alicyclic amines) is 2. The van der Waals surface area contributed by atoms with Crippen LogP contribution >= 0.6 is 11.3 Å². The number of halogens is 3. The summed E-state index contributed by atoms with van der Waals surface area (Å²) in [5.41, 5.74) is 7.06. The van der Waals surface area contributed by atoms with E-state index in [2.05, 4.69) is 65.6 Å². The van der Waals surface area contributed by atoms with E-state index < -0.39 is 12.6 Å². The third-order valence-corrected chi connectivity index (χ3v) is 10.4. The zero-order valence-corrected chi connectivity index (χ0v) is 27.9. The molecule has 0 bridgehead atoms. The van der Waals surface area contributed by atoms with Gasteiger partial charge < -0.3 is 20.1 Å². The van der Waals surface area contributed by atoms with Gasteiger partial charge in [0.05, 0.1) is 17.9 Å². The summed E-state index contributed by atoms with van der Waals surface area (Å²) in [5, 5.41) is 18.2. The number of anilines is 2. The van der Waals surface area contributed by atoms with Crippen molar-refractivity contribution in [2.75, 3.05) is 57.5 Å². The van der Waals surface area contributed by atoms with Crippen molar-refractivity contribution in [3.8, 4) is 6.07 Å². The minimum atomic E-state index is -4.27. The minimum Gasteiger partial charge on any atom is -0.367 e. The number of aromatic nitrogens is 3. The number of aryl methyl sites for hydroxylation is 1. The maximum Gasteiger partial charge on any atom is 0.393 e. The van der Waals surface area contributed by atoms with Crippen LogP contribution in [-0.2, 0) is 24.3 Å². The molecule has 252 valence electrons. The molecule has 47 heavy (non-hydrogen) atoms. The van der Waals surface area contributed by atoms with Gasteiger partial charge in [0, 0.05) is 81.7 Å². The first kappa shape index (κ1) is 33.4. The van der Waals surface area contributed by atoms with Crippen LogP contribution < -0.4 is 16.1 Å². The molecule has 4 aromatic rings. The fraction of sp³-hybridized carbons (Fsp3) is 0.545. The van der Waals surface area contributed by atoms with Crippen LogP contribution in [0.15, 0.2) is 24.3 Å². The van der Waals surface area contributed by atoms with Crippen molar-refractivity contribution in [2.45, 2.75) is 70.4 Å². The minimum absolute atomic E-state index is 0.150. The molecule has 6 rings (SSSR count). The second-order valence-electron chi connectivity index (χ2n) is 12.5. The zero-order valence-electron chi connectivity index (χ0n) is 27.1. The standard InChI is InChI=1S/C33H42F3N9OS/c1-21-22(4-5-29-27(21)16-24(19-37)45(29)15-14-43-12-8-25(9-13-43)46-39-3)20-44-10-6-23(7-11-44)40-30-28-17-26(18-33(34,35)36)47-31(28)42-32(38-2)41-30/h4-5,16-17,23,25,39H,6-15,18,20H2,1-3H3,(H2,38,40,41,42). The van der Waals surface area contributed by atoms with Gasteiger partial charge in [-0.3, -0.25) is 9.74 Å². The molecule has 0 aliphatic carbocycles. The maximum atomic E-state index is 13.1. The number of fused-ring (bicyclic) bond motifs is 2. The number of thiophene rings is 1. The van der Waals surface area contributed by atoms with Gasteiger partial charge in [-0.25, -0.2) is 10.5 Å². The zero-order chi connectivity index (χ0) is 33.1. The van der Waals surface area contributed by atoms with Gasteiger partial charge in [-0.1, -0.05) is 6.07 Å². The van der Waals surface area contributed by atoms with Crippen LogP contribution in [0.3, 0.4) is 0 Å². The highest BCUT2D eigenvalue weighted by atomic mass is 32.1. The third kappa shape index (κ3) is 7.81. The molecule has 0 amide bonds. The number of nitriles is 1. The highest BCUT2D eigenvalue weighted by Gasteiger charge is 2.30. The van der Waals surface area contributed by atoms with Gasteiger partial charge in [0.25, 0.3) is 0 Å². The van der Waals surface area contributed by atoms with Crippen LogP contribution in [0.5, 0.6) is 0 Å². The average molecular weight is 670 g/mol. The molecule has 1 aromatic carbocycles. The van der Waals surface area contributed by atoms with Crippen molar-refractivity contribution in [1.29, 1.82) is 5.26 Å². The molecule has 10 nitrogen and oxygen atoms in total. The largest absolute Gasteiger partial charge is 0.393 e. The smallest absolute Gasteiger partial charge is 0.367 e. The van der Waals surface area contributed by atoms with E-state index in [1.807, 2.05) is 6.07 Å². The van der Waals surface area contributed by atoms with Crippen molar-refractivity contribution in [3.63, 3.8) is 0 Å². The molecule has 14 heteroatoms. The number of hydroxylamine groups is 1. The van der Waals surface area contributed by atoms with Crippen LogP contribution in [0.4, 0.5) is 24.9 Å². The summed E-state index contributed by atoms with van der Waals surface area (Å²) in [4.78, 5) is 20.2. The quantitative estimate of drug-likeness (QED) is 0.174. The number of hydrogen-bond donors (Lipinski definition) is 3. The van der Waals surface area contributed by atoms with Crippen LogP contribution in [0.25, 0.3) is 21.1 Å². The number of alkyl halides is 3. The van der Waals surface area contributed by atoms with Crippen molar-refractivity contribution in [3.05, 3.63) is 46.0 Å². The normalized spacial score (nSPS) is 17.5. The first-order valence-electron chi connectivity index (χ1n) is 16.2. The predicted molar refractivity (Wildman–Crippen MR) is 180 cm³/mol. The molecular formula is C33H42F3N9OS.